The topological polar surface area (TPSA) is 79.6 Å². The van der Waals surface area contributed by atoms with Crippen LogP contribution in [0.1, 0.15) is 16.8 Å². The maximum absolute atomic E-state index is 6.02. The Kier molecular flexibility index (Phi) is 3.08. The second-order valence-corrected chi connectivity index (χ2v) is 5.52. The van der Waals surface area contributed by atoms with Crippen molar-refractivity contribution < 1.29 is 0 Å². The molecule has 2 aromatic heterocycles. The minimum atomic E-state index is 0.689. The van der Waals surface area contributed by atoms with Crippen LogP contribution in [0.2, 0.25) is 0 Å². The van der Waals surface area contributed by atoms with Gasteiger partial charge in [0.15, 0.2) is 0 Å². The van der Waals surface area contributed by atoms with Gasteiger partial charge >= 0.3 is 0 Å². The van der Waals surface area contributed by atoms with E-state index < -0.39 is 0 Å². The summed E-state index contributed by atoms with van der Waals surface area (Å²) in [5.74, 6) is 0. The molecule has 4 N–H and O–H groups in total. The van der Waals surface area contributed by atoms with Gasteiger partial charge in [-0.05, 0) is 18.6 Å². The van der Waals surface area contributed by atoms with E-state index in [1.807, 2.05) is 18.3 Å². The van der Waals surface area contributed by atoms with E-state index in [0.29, 0.717) is 6.54 Å². The molecule has 0 saturated carbocycles. The SMILES string of the molecule is CCc1cnc(CNc2cc3[nH]ncc3cc2N)s1. The fourth-order valence-corrected chi connectivity index (χ4v) is 2.73. The van der Waals surface area contributed by atoms with Gasteiger partial charge in [-0.15, -0.1) is 11.3 Å². The monoisotopic (exact) mass is 273 g/mol. The van der Waals surface area contributed by atoms with Gasteiger partial charge in [0.2, 0.25) is 0 Å². The van der Waals surface area contributed by atoms with Crippen molar-refractivity contribution in [1.29, 1.82) is 0 Å². The first-order valence-electron chi connectivity index (χ1n) is 6.16. The second kappa shape index (κ2) is 4.89. The summed E-state index contributed by atoms with van der Waals surface area (Å²) in [5.41, 5.74) is 8.63. The zero-order valence-corrected chi connectivity index (χ0v) is 11.4. The van der Waals surface area contributed by atoms with Crippen LogP contribution in [0.5, 0.6) is 0 Å². The summed E-state index contributed by atoms with van der Waals surface area (Å²) in [7, 11) is 0. The number of hydrogen-bond donors (Lipinski definition) is 3. The molecule has 0 aliphatic rings. The number of aryl methyl sites for hydroxylation is 1. The molecule has 0 aliphatic carbocycles. The molecule has 2 heterocycles. The summed E-state index contributed by atoms with van der Waals surface area (Å²) in [4.78, 5) is 5.68. The summed E-state index contributed by atoms with van der Waals surface area (Å²) < 4.78 is 0. The number of H-pyrrole nitrogens is 1. The Morgan fingerprint density at radius 2 is 2.26 bits per heavy atom. The Morgan fingerprint density at radius 3 is 3.05 bits per heavy atom. The third kappa shape index (κ3) is 2.39. The van der Waals surface area contributed by atoms with E-state index in [2.05, 4.69) is 27.4 Å². The predicted octanol–water partition coefficient (Wildman–Crippen LogP) is 2.78. The van der Waals surface area contributed by atoms with Crippen molar-refractivity contribution in [2.24, 2.45) is 0 Å². The van der Waals surface area contributed by atoms with Gasteiger partial charge in [0.05, 0.1) is 29.6 Å². The summed E-state index contributed by atoms with van der Waals surface area (Å²) >= 11 is 1.73. The first-order chi connectivity index (χ1) is 9.26. The number of thiazole rings is 1. The minimum absolute atomic E-state index is 0.689. The molecule has 3 aromatic rings. The number of anilines is 2. The van der Waals surface area contributed by atoms with Crippen LogP contribution in [0.25, 0.3) is 10.9 Å². The van der Waals surface area contributed by atoms with Gasteiger partial charge in [0, 0.05) is 16.5 Å². The quantitative estimate of drug-likeness (QED) is 0.639. The van der Waals surface area contributed by atoms with Gasteiger partial charge in [-0.25, -0.2) is 4.98 Å². The Bertz CT molecular complexity index is 700. The molecule has 1 aromatic carbocycles. The average Bonchev–Trinajstić information content (AvgIpc) is 3.03. The Hall–Kier alpha value is -2.08. The van der Waals surface area contributed by atoms with Crippen molar-refractivity contribution in [3.63, 3.8) is 0 Å². The van der Waals surface area contributed by atoms with Crippen LogP contribution in [0.4, 0.5) is 11.4 Å². The zero-order chi connectivity index (χ0) is 13.2. The Balaban J connectivity index is 1.78. The van der Waals surface area contributed by atoms with Gasteiger partial charge in [-0.3, -0.25) is 5.10 Å². The van der Waals surface area contributed by atoms with E-state index in [9.17, 15) is 0 Å². The smallest absolute Gasteiger partial charge is 0.112 e. The number of aromatic nitrogens is 3. The largest absolute Gasteiger partial charge is 0.397 e. The summed E-state index contributed by atoms with van der Waals surface area (Å²) in [5, 5.41) is 12.4. The van der Waals surface area contributed by atoms with E-state index in [4.69, 9.17) is 5.73 Å². The molecular weight excluding hydrogens is 258 g/mol. The highest BCUT2D eigenvalue weighted by atomic mass is 32.1. The maximum Gasteiger partial charge on any atom is 0.112 e. The van der Waals surface area contributed by atoms with E-state index in [1.54, 1.807) is 17.5 Å². The third-order valence-electron chi connectivity index (χ3n) is 2.99. The molecule has 6 heteroatoms. The minimum Gasteiger partial charge on any atom is -0.397 e. The molecular formula is C13H15N5S. The lowest BCUT2D eigenvalue weighted by atomic mass is 10.2. The molecule has 0 saturated heterocycles. The van der Waals surface area contributed by atoms with E-state index in [1.165, 1.54) is 4.88 Å². The van der Waals surface area contributed by atoms with Crippen LogP contribution < -0.4 is 11.1 Å². The predicted molar refractivity (Wildman–Crippen MR) is 79.3 cm³/mol. The fourth-order valence-electron chi connectivity index (χ4n) is 1.93. The standard InChI is InChI=1S/C13H15N5S/c1-2-9-6-16-13(19-9)7-15-12-4-11-8(3-10(12)14)5-17-18-11/h3-6,15H,2,7,14H2,1H3,(H,17,18). The lowest BCUT2D eigenvalue weighted by Crippen LogP contribution is -2.02. The number of rotatable bonds is 4. The van der Waals surface area contributed by atoms with Gasteiger partial charge in [-0.2, -0.15) is 5.10 Å². The molecule has 0 aliphatic heterocycles. The van der Waals surface area contributed by atoms with E-state index in [-0.39, 0.29) is 0 Å². The second-order valence-electron chi connectivity index (χ2n) is 4.32. The Labute approximate surface area is 114 Å². The van der Waals surface area contributed by atoms with E-state index in [0.717, 1.165) is 33.7 Å². The Morgan fingerprint density at radius 1 is 1.37 bits per heavy atom. The number of aromatic amines is 1. The maximum atomic E-state index is 6.02. The summed E-state index contributed by atoms with van der Waals surface area (Å²) in [6.45, 7) is 2.82. The average molecular weight is 273 g/mol. The first-order valence-corrected chi connectivity index (χ1v) is 6.98. The molecule has 19 heavy (non-hydrogen) atoms. The van der Waals surface area contributed by atoms with Crippen molar-refractivity contribution in [3.8, 4) is 0 Å². The molecule has 98 valence electrons. The third-order valence-corrected chi connectivity index (χ3v) is 4.13. The number of nitrogens with zero attached hydrogens (tertiary/aromatic N) is 2. The van der Waals surface area contributed by atoms with Crippen molar-refractivity contribution in [3.05, 3.63) is 34.4 Å². The molecule has 5 nitrogen and oxygen atoms in total. The number of benzene rings is 1. The summed E-state index contributed by atoms with van der Waals surface area (Å²) in [6, 6.07) is 3.90. The number of nitrogens with one attached hydrogen (secondary N) is 2. The normalized spacial score (nSPS) is 11.0. The molecule has 0 bridgehead atoms. The molecule has 0 amide bonds. The first kappa shape index (κ1) is 12.0. The lowest BCUT2D eigenvalue weighted by Gasteiger charge is -2.07. The van der Waals surface area contributed by atoms with Crippen LogP contribution in [-0.4, -0.2) is 15.2 Å². The molecule has 0 atom stereocenters. The van der Waals surface area contributed by atoms with Gasteiger partial charge in [-0.1, -0.05) is 6.92 Å². The van der Waals surface area contributed by atoms with Crippen molar-refractivity contribution in [1.82, 2.24) is 15.2 Å². The van der Waals surface area contributed by atoms with Crippen molar-refractivity contribution >= 4 is 33.6 Å². The molecule has 3 rings (SSSR count). The van der Waals surface area contributed by atoms with E-state index >= 15 is 0 Å². The fraction of sp³-hybridized carbons (Fsp3) is 0.231. The zero-order valence-electron chi connectivity index (χ0n) is 10.6. The van der Waals surface area contributed by atoms with Crippen LogP contribution in [0, 0.1) is 0 Å². The van der Waals surface area contributed by atoms with Crippen LogP contribution in [0.15, 0.2) is 24.5 Å². The molecule has 0 fully saturated rings. The highest BCUT2D eigenvalue weighted by molar-refractivity contribution is 7.11. The lowest BCUT2D eigenvalue weighted by molar-refractivity contribution is 1.09. The number of nitrogen functional groups attached to an aromatic ring is 1. The van der Waals surface area contributed by atoms with Crippen LogP contribution in [-0.2, 0) is 13.0 Å². The van der Waals surface area contributed by atoms with Crippen LogP contribution >= 0.6 is 11.3 Å². The molecule has 0 spiro atoms. The van der Waals surface area contributed by atoms with Gasteiger partial charge in [0.25, 0.3) is 0 Å². The van der Waals surface area contributed by atoms with Gasteiger partial charge < -0.3 is 11.1 Å². The van der Waals surface area contributed by atoms with Gasteiger partial charge in [0.1, 0.15) is 5.01 Å². The summed E-state index contributed by atoms with van der Waals surface area (Å²) in [6.07, 6.45) is 4.73. The number of hydrogen-bond acceptors (Lipinski definition) is 5. The molecule has 0 unspecified atom stereocenters. The number of fused-ring (bicyclic) bond motifs is 1. The number of nitrogens with two attached hydrogens (primary N) is 1. The highest BCUT2D eigenvalue weighted by Crippen LogP contribution is 2.25. The van der Waals surface area contributed by atoms with Crippen molar-refractivity contribution in [2.75, 3.05) is 11.1 Å². The van der Waals surface area contributed by atoms with Crippen molar-refractivity contribution in [2.45, 2.75) is 19.9 Å². The highest BCUT2D eigenvalue weighted by Gasteiger charge is 2.05. The molecule has 0 radical (unpaired) electrons. The van der Waals surface area contributed by atoms with Crippen LogP contribution in [0.3, 0.4) is 0 Å².